The Morgan fingerprint density at radius 2 is 1.07 bits per heavy atom. The van der Waals surface area contributed by atoms with Crippen LogP contribution in [0.5, 0.6) is 23.0 Å². The molecule has 57 heavy (non-hydrogen) atoms. The van der Waals surface area contributed by atoms with Crippen LogP contribution < -0.4 is 20.5 Å². The molecule has 0 radical (unpaired) electrons. The zero-order valence-corrected chi connectivity index (χ0v) is 29.7. The maximum absolute atomic E-state index is 12.7. The molecule has 0 saturated carbocycles. The number of halogens is 6. The summed E-state index contributed by atoms with van der Waals surface area (Å²) in [6.45, 7) is 0.751. The molecule has 9 nitrogen and oxygen atoms in total. The van der Waals surface area contributed by atoms with Crippen molar-refractivity contribution < 1.29 is 50.5 Å². The topological polar surface area (TPSA) is 158 Å². The highest BCUT2D eigenvalue weighted by Gasteiger charge is 2.31. The number of nitrogens with one attached hydrogen (secondary N) is 1. The van der Waals surface area contributed by atoms with Gasteiger partial charge in [-0.2, -0.15) is 36.9 Å². The Morgan fingerprint density at radius 3 is 1.46 bits per heavy atom. The number of hydrogen-bond acceptors (Lipinski definition) is 7. The molecule has 4 N–H and O–H groups in total. The number of rotatable bonds is 9. The second-order valence-electron chi connectivity index (χ2n) is 11.8. The highest BCUT2D eigenvalue weighted by atomic mass is 19.4. The molecule has 6 aromatic rings. The van der Waals surface area contributed by atoms with Crippen LogP contribution in [-0.4, -0.2) is 30.1 Å². The van der Waals surface area contributed by atoms with E-state index in [1.165, 1.54) is 36.4 Å². The first kappa shape index (κ1) is 42.6. The lowest BCUT2D eigenvalue weighted by Crippen LogP contribution is -2.24. The van der Waals surface area contributed by atoms with E-state index in [1.807, 2.05) is 12.1 Å². The number of carbonyl (C=O) groups excluding carboxylic acids is 1. The Hall–Kier alpha value is -7.10. The molecule has 0 aliphatic heterocycles. The summed E-state index contributed by atoms with van der Waals surface area (Å²) >= 11 is 0. The minimum Gasteiger partial charge on any atom is -0.478 e. The van der Waals surface area contributed by atoms with Gasteiger partial charge in [-0.3, -0.25) is 4.79 Å². The third kappa shape index (κ3) is 12.2. The number of alkyl halides is 6. The van der Waals surface area contributed by atoms with Crippen molar-refractivity contribution in [2.45, 2.75) is 25.2 Å². The van der Waals surface area contributed by atoms with Crippen LogP contribution in [0.4, 0.5) is 26.3 Å². The molecule has 0 heterocycles. The minimum absolute atomic E-state index is 0.147. The fraction of sp³-hybridized carbons (Fsp3) is 0.143. The number of carboxylic acid groups (broad SMARTS) is 1. The van der Waals surface area contributed by atoms with E-state index in [2.05, 4.69) is 5.32 Å². The first-order valence-electron chi connectivity index (χ1n) is 16.9. The van der Waals surface area contributed by atoms with Gasteiger partial charge in [0.05, 0.1) is 35.2 Å². The summed E-state index contributed by atoms with van der Waals surface area (Å²) in [7, 11) is 0. The van der Waals surface area contributed by atoms with Crippen LogP contribution in [-0.2, 0) is 12.4 Å². The second kappa shape index (κ2) is 19.5. The zero-order chi connectivity index (χ0) is 41.6. The molecule has 6 aromatic carbocycles. The molecule has 0 saturated heterocycles. The smallest absolute Gasteiger partial charge is 0.416 e. The van der Waals surface area contributed by atoms with Gasteiger partial charge in [0.1, 0.15) is 23.0 Å². The van der Waals surface area contributed by atoms with Crippen LogP contribution in [0.2, 0.25) is 0 Å². The number of hydrogen-bond donors (Lipinski definition) is 3. The molecule has 0 spiro atoms. The number of carbonyl (C=O) groups is 2. The predicted molar refractivity (Wildman–Crippen MR) is 200 cm³/mol. The van der Waals surface area contributed by atoms with Crippen molar-refractivity contribution in [3.63, 3.8) is 0 Å². The Morgan fingerprint density at radius 1 is 0.632 bits per heavy atom. The van der Waals surface area contributed by atoms with Crippen molar-refractivity contribution in [1.29, 1.82) is 10.5 Å². The van der Waals surface area contributed by atoms with Gasteiger partial charge in [-0.25, -0.2) is 4.79 Å². The summed E-state index contributed by atoms with van der Waals surface area (Å²) < 4.78 is 87.1. The number of amides is 1. The van der Waals surface area contributed by atoms with Gasteiger partial charge in [0.15, 0.2) is 0 Å². The molecule has 0 atom stereocenters. The van der Waals surface area contributed by atoms with Crippen molar-refractivity contribution in [2.75, 3.05) is 13.1 Å². The summed E-state index contributed by atoms with van der Waals surface area (Å²) in [6.07, 6.45) is -8.10. The van der Waals surface area contributed by atoms with E-state index in [4.69, 9.17) is 30.8 Å². The summed E-state index contributed by atoms with van der Waals surface area (Å²) in [4.78, 5) is 23.1. The number of benzene rings is 6. The van der Waals surface area contributed by atoms with Gasteiger partial charge >= 0.3 is 18.3 Å². The molecule has 0 aromatic heterocycles. The number of nitrogens with two attached hydrogens (primary N) is 1. The Bertz CT molecular complexity index is 2400. The monoisotopic (exact) mass is 786 g/mol. The predicted octanol–water partition coefficient (Wildman–Crippen LogP) is 10.5. The van der Waals surface area contributed by atoms with Crippen LogP contribution in [0.3, 0.4) is 0 Å². The zero-order valence-electron chi connectivity index (χ0n) is 29.7. The first-order chi connectivity index (χ1) is 27.1. The molecule has 292 valence electrons. The molecular formula is C42H32F6N4O5. The third-order valence-electron chi connectivity index (χ3n) is 7.79. The van der Waals surface area contributed by atoms with E-state index >= 15 is 0 Å². The van der Waals surface area contributed by atoms with Crippen LogP contribution >= 0.6 is 0 Å². The van der Waals surface area contributed by atoms with Gasteiger partial charge in [-0.05, 0) is 108 Å². The van der Waals surface area contributed by atoms with E-state index in [0.29, 0.717) is 40.8 Å². The lowest BCUT2D eigenvalue weighted by Gasteiger charge is -2.11. The molecule has 1 amide bonds. The number of carboxylic acids is 1. The lowest BCUT2D eigenvalue weighted by atomic mass is 10.1. The van der Waals surface area contributed by atoms with E-state index in [0.717, 1.165) is 35.0 Å². The fourth-order valence-electron chi connectivity index (χ4n) is 5.04. The van der Waals surface area contributed by atoms with Gasteiger partial charge in [0.2, 0.25) is 0 Å². The van der Waals surface area contributed by atoms with Crippen molar-refractivity contribution in [3.8, 4) is 35.1 Å². The van der Waals surface area contributed by atoms with Crippen LogP contribution in [0.25, 0.3) is 21.5 Å². The number of nitriles is 2. The number of nitrogens with zero attached hydrogens (tertiary/aromatic N) is 2. The number of aromatic carboxylic acids is 1. The molecule has 0 aliphatic carbocycles. The molecule has 0 bridgehead atoms. The van der Waals surface area contributed by atoms with Crippen molar-refractivity contribution in [3.05, 3.63) is 144 Å². The van der Waals surface area contributed by atoms with E-state index in [9.17, 15) is 35.9 Å². The maximum atomic E-state index is 12.7. The average molecular weight is 787 g/mol. The highest BCUT2D eigenvalue weighted by molar-refractivity contribution is 6.00. The van der Waals surface area contributed by atoms with Crippen LogP contribution in [0, 0.1) is 22.7 Å². The number of fused-ring (bicyclic) bond motifs is 2. The largest absolute Gasteiger partial charge is 0.478 e. The fourth-order valence-corrected chi connectivity index (χ4v) is 5.04. The van der Waals surface area contributed by atoms with E-state index in [1.54, 1.807) is 60.7 Å². The minimum atomic E-state index is -4.40. The summed E-state index contributed by atoms with van der Waals surface area (Å²) in [5, 5.41) is 30.7. The van der Waals surface area contributed by atoms with Crippen molar-refractivity contribution >= 4 is 33.4 Å². The SMILES string of the molecule is N#CCCN.N#CCCNC(=O)c1ccc2c(Oc3ccc(C(F)(F)F)cc3)cccc2c1.O=C(O)c1ccc2c(Oc3ccc(C(F)(F)F)cc3)cccc2c1. The lowest BCUT2D eigenvalue weighted by molar-refractivity contribution is -0.138. The molecule has 0 unspecified atom stereocenters. The molecule has 15 heteroatoms. The maximum Gasteiger partial charge on any atom is 0.416 e. The summed E-state index contributed by atoms with van der Waals surface area (Å²) in [6, 6.07) is 32.6. The Labute approximate surface area is 322 Å². The van der Waals surface area contributed by atoms with Crippen LogP contribution in [0.1, 0.15) is 44.7 Å². The normalized spacial score (nSPS) is 10.8. The second-order valence-corrected chi connectivity index (χ2v) is 11.8. The molecule has 0 aliphatic rings. The van der Waals surface area contributed by atoms with Crippen molar-refractivity contribution in [1.82, 2.24) is 5.32 Å². The third-order valence-corrected chi connectivity index (χ3v) is 7.79. The van der Waals surface area contributed by atoms with Crippen LogP contribution in [0.15, 0.2) is 121 Å². The molecule has 0 fully saturated rings. The number of ether oxygens (including phenoxy) is 2. The molecule has 6 rings (SSSR count). The first-order valence-corrected chi connectivity index (χ1v) is 16.9. The van der Waals surface area contributed by atoms with Gasteiger partial charge in [0, 0.05) is 35.8 Å². The average Bonchev–Trinajstić information content (AvgIpc) is 3.18. The Kier molecular flexibility index (Phi) is 14.6. The van der Waals surface area contributed by atoms with Crippen molar-refractivity contribution in [2.24, 2.45) is 5.73 Å². The molecular weight excluding hydrogens is 754 g/mol. The highest BCUT2D eigenvalue weighted by Crippen LogP contribution is 2.35. The quantitative estimate of drug-likeness (QED) is 0.0965. The van der Waals surface area contributed by atoms with Gasteiger partial charge in [-0.1, -0.05) is 24.3 Å². The Balaban J connectivity index is 0.000000228. The van der Waals surface area contributed by atoms with E-state index in [-0.39, 0.29) is 35.9 Å². The summed E-state index contributed by atoms with van der Waals surface area (Å²) in [5.74, 6) is 0.117. The summed E-state index contributed by atoms with van der Waals surface area (Å²) in [5.41, 5.74) is 4.01. The van der Waals surface area contributed by atoms with Gasteiger partial charge < -0.3 is 25.6 Å². The standard InChI is InChI=1S/C21H15F3N2O2.C18H11F3O3.C3H6N2/c22-21(23,24)16-6-8-17(9-7-16)28-19-4-1-3-14-13-15(5-10-18(14)19)20(27)26-12-2-11-25;19-18(20,21)13-5-7-14(8-6-13)24-16-3-1-2-11-10-12(17(22)23)4-9-15(11)16;4-2-1-3-5/h1,3-10,13H,2,12H2,(H,26,27);1-10H,(H,22,23);1-2,4H2. The van der Waals surface area contributed by atoms with Gasteiger partial charge in [-0.15, -0.1) is 0 Å². The van der Waals surface area contributed by atoms with E-state index < -0.39 is 29.4 Å². The van der Waals surface area contributed by atoms with Gasteiger partial charge in [0.25, 0.3) is 5.91 Å².